The first kappa shape index (κ1) is 12.4. The Morgan fingerprint density at radius 2 is 2.00 bits per heavy atom. The van der Waals surface area contributed by atoms with Crippen LogP contribution in [0.25, 0.3) is 10.9 Å². The zero-order valence-corrected chi connectivity index (χ0v) is 10.7. The van der Waals surface area contributed by atoms with E-state index in [1.54, 1.807) is 18.2 Å². The molecule has 0 bridgehead atoms. The number of benzene rings is 2. The summed E-state index contributed by atoms with van der Waals surface area (Å²) in [5, 5.41) is 3.80. The van der Waals surface area contributed by atoms with E-state index in [1.807, 2.05) is 30.5 Å². The number of hydrogen-bond donors (Lipinski definition) is 2. The Hall–Kier alpha value is -2.62. The summed E-state index contributed by atoms with van der Waals surface area (Å²) in [4.78, 5) is 15.0. The van der Waals surface area contributed by atoms with E-state index < -0.39 is 0 Å². The van der Waals surface area contributed by atoms with Gasteiger partial charge in [0.15, 0.2) is 0 Å². The average molecular weight is 268 g/mol. The summed E-state index contributed by atoms with van der Waals surface area (Å²) in [5.41, 5.74) is 2.11. The molecule has 3 rings (SSSR count). The van der Waals surface area contributed by atoms with E-state index in [9.17, 15) is 9.18 Å². The molecule has 2 N–H and O–H groups in total. The number of carbonyl (C=O) groups is 1. The molecular weight excluding hydrogens is 255 g/mol. The average Bonchev–Trinajstić information content (AvgIpc) is 2.89. The second-order valence-electron chi connectivity index (χ2n) is 4.60. The molecule has 0 atom stereocenters. The third-order valence-corrected chi connectivity index (χ3v) is 3.15. The van der Waals surface area contributed by atoms with Crippen LogP contribution in [0, 0.1) is 5.82 Å². The van der Waals surface area contributed by atoms with Crippen molar-refractivity contribution < 1.29 is 9.18 Å². The molecule has 2 aromatic carbocycles. The number of rotatable bonds is 3. The van der Waals surface area contributed by atoms with Crippen molar-refractivity contribution in [3.8, 4) is 0 Å². The van der Waals surface area contributed by atoms with E-state index in [0.29, 0.717) is 11.3 Å². The summed E-state index contributed by atoms with van der Waals surface area (Å²) in [7, 11) is 0. The van der Waals surface area contributed by atoms with Crippen molar-refractivity contribution in [2.75, 3.05) is 5.32 Å². The number of carbonyl (C=O) groups excluding carboxylic acids is 1. The number of aromatic amines is 1. The Morgan fingerprint density at radius 1 is 1.15 bits per heavy atom. The van der Waals surface area contributed by atoms with Crippen LogP contribution in [0.5, 0.6) is 0 Å². The molecule has 1 amide bonds. The summed E-state index contributed by atoms with van der Waals surface area (Å²) in [6.07, 6.45) is 1.87. The zero-order valence-electron chi connectivity index (χ0n) is 10.7. The van der Waals surface area contributed by atoms with Crippen LogP contribution < -0.4 is 5.32 Å². The predicted octanol–water partition coefficient (Wildman–Crippen LogP) is 3.49. The standard InChI is InChI=1S/C16H13FN2O/c17-14-4-2-1-3-11(14)10-16(20)19-13-5-6-15-12(9-13)7-8-18-15/h1-9,18H,10H2,(H,19,20). The largest absolute Gasteiger partial charge is 0.361 e. The SMILES string of the molecule is O=C(Cc1ccccc1F)Nc1ccc2[nH]ccc2c1. The second-order valence-corrected chi connectivity index (χ2v) is 4.60. The van der Waals surface area contributed by atoms with Crippen molar-refractivity contribution in [3.05, 3.63) is 66.1 Å². The zero-order chi connectivity index (χ0) is 13.9. The third-order valence-electron chi connectivity index (χ3n) is 3.15. The van der Waals surface area contributed by atoms with Gasteiger partial charge in [0.1, 0.15) is 5.82 Å². The van der Waals surface area contributed by atoms with Gasteiger partial charge in [-0.2, -0.15) is 0 Å². The van der Waals surface area contributed by atoms with Gasteiger partial charge in [-0.3, -0.25) is 4.79 Å². The van der Waals surface area contributed by atoms with Gasteiger partial charge < -0.3 is 10.3 Å². The summed E-state index contributed by atoms with van der Waals surface area (Å²) in [5.74, 6) is -0.589. The van der Waals surface area contributed by atoms with Gasteiger partial charge in [0, 0.05) is 22.8 Å². The normalized spacial score (nSPS) is 10.7. The lowest BCUT2D eigenvalue weighted by Gasteiger charge is -2.06. The maximum Gasteiger partial charge on any atom is 0.228 e. The smallest absolute Gasteiger partial charge is 0.228 e. The Bertz CT molecular complexity index is 764. The first-order valence-corrected chi connectivity index (χ1v) is 6.33. The van der Waals surface area contributed by atoms with Gasteiger partial charge in [-0.25, -0.2) is 4.39 Å². The van der Waals surface area contributed by atoms with Crippen molar-refractivity contribution in [1.82, 2.24) is 4.98 Å². The molecule has 3 nitrogen and oxygen atoms in total. The minimum Gasteiger partial charge on any atom is -0.361 e. The van der Waals surface area contributed by atoms with E-state index in [4.69, 9.17) is 0 Å². The molecule has 0 radical (unpaired) electrons. The fourth-order valence-electron chi connectivity index (χ4n) is 2.15. The number of fused-ring (bicyclic) bond motifs is 1. The fourth-order valence-corrected chi connectivity index (χ4v) is 2.15. The van der Waals surface area contributed by atoms with Crippen LogP contribution in [0.3, 0.4) is 0 Å². The van der Waals surface area contributed by atoms with Crippen molar-refractivity contribution in [1.29, 1.82) is 0 Å². The highest BCUT2D eigenvalue weighted by Gasteiger charge is 2.08. The summed E-state index contributed by atoms with van der Waals surface area (Å²) in [6.45, 7) is 0. The Kier molecular flexibility index (Phi) is 3.21. The Morgan fingerprint density at radius 3 is 2.85 bits per heavy atom. The lowest BCUT2D eigenvalue weighted by Crippen LogP contribution is -2.15. The molecule has 0 unspecified atom stereocenters. The lowest BCUT2D eigenvalue weighted by atomic mass is 10.1. The Balaban J connectivity index is 1.74. The molecule has 0 saturated heterocycles. The topological polar surface area (TPSA) is 44.9 Å². The molecule has 3 aromatic rings. The Labute approximate surface area is 115 Å². The fraction of sp³-hybridized carbons (Fsp3) is 0.0625. The molecule has 4 heteroatoms. The molecule has 0 aliphatic carbocycles. The van der Waals surface area contributed by atoms with E-state index >= 15 is 0 Å². The van der Waals surface area contributed by atoms with Gasteiger partial charge in [-0.15, -0.1) is 0 Å². The highest BCUT2D eigenvalue weighted by atomic mass is 19.1. The number of hydrogen-bond acceptors (Lipinski definition) is 1. The quantitative estimate of drug-likeness (QED) is 0.750. The minimum absolute atomic E-state index is 0.0256. The second kappa shape index (κ2) is 5.17. The molecule has 0 spiro atoms. The molecule has 1 heterocycles. The van der Waals surface area contributed by atoms with E-state index in [2.05, 4.69) is 10.3 Å². The molecule has 0 fully saturated rings. The predicted molar refractivity (Wildman–Crippen MR) is 77.0 cm³/mol. The summed E-state index contributed by atoms with van der Waals surface area (Å²) >= 11 is 0. The third kappa shape index (κ3) is 2.54. The number of aromatic nitrogens is 1. The van der Waals surface area contributed by atoms with E-state index in [1.165, 1.54) is 6.07 Å². The van der Waals surface area contributed by atoms with Crippen molar-refractivity contribution >= 4 is 22.5 Å². The van der Waals surface area contributed by atoms with Gasteiger partial charge in [-0.05, 0) is 35.9 Å². The molecule has 0 saturated carbocycles. The summed E-state index contributed by atoms with van der Waals surface area (Å²) in [6, 6.07) is 13.8. The van der Waals surface area contributed by atoms with Crippen molar-refractivity contribution in [2.45, 2.75) is 6.42 Å². The van der Waals surface area contributed by atoms with Crippen LogP contribution in [0.15, 0.2) is 54.7 Å². The monoisotopic (exact) mass is 268 g/mol. The van der Waals surface area contributed by atoms with Gasteiger partial charge in [-0.1, -0.05) is 18.2 Å². The number of H-pyrrole nitrogens is 1. The molecule has 20 heavy (non-hydrogen) atoms. The number of nitrogens with one attached hydrogen (secondary N) is 2. The van der Waals surface area contributed by atoms with Crippen LogP contribution in [-0.2, 0) is 11.2 Å². The number of amides is 1. The summed E-state index contributed by atoms with van der Waals surface area (Å²) < 4.78 is 13.5. The van der Waals surface area contributed by atoms with Crippen molar-refractivity contribution in [2.24, 2.45) is 0 Å². The van der Waals surface area contributed by atoms with Gasteiger partial charge in [0.25, 0.3) is 0 Å². The minimum atomic E-state index is -0.358. The van der Waals surface area contributed by atoms with E-state index in [0.717, 1.165) is 10.9 Å². The first-order valence-electron chi connectivity index (χ1n) is 6.33. The molecular formula is C16H13FN2O. The van der Waals surface area contributed by atoms with Gasteiger partial charge in [0.05, 0.1) is 6.42 Å². The highest BCUT2D eigenvalue weighted by Crippen LogP contribution is 2.18. The molecule has 1 aromatic heterocycles. The molecule has 0 aliphatic rings. The van der Waals surface area contributed by atoms with Crippen LogP contribution in [-0.4, -0.2) is 10.9 Å². The number of anilines is 1. The maximum absolute atomic E-state index is 13.5. The van der Waals surface area contributed by atoms with Crippen LogP contribution in [0.1, 0.15) is 5.56 Å². The molecule has 0 aliphatic heterocycles. The molecule has 100 valence electrons. The highest BCUT2D eigenvalue weighted by molar-refractivity contribution is 5.94. The lowest BCUT2D eigenvalue weighted by molar-refractivity contribution is -0.115. The van der Waals surface area contributed by atoms with Crippen LogP contribution in [0.4, 0.5) is 10.1 Å². The van der Waals surface area contributed by atoms with Crippen LogP contribution >= 0.6 is 0 Å². The van der Waals surface area contributed by atoms with Gasteiger partial charge in [0.2, 0.25) is 5.91 Å². The maximum atomic E-state index is 13.5. The van der Waals surface area contributed by atoms with Gasteiger partial charge >= 0.3 is 0 Å². The number of halogens is 1. The van der Waals surface area contributed by atoms with E-state index in [-0.39, 0.29) is 18.1 Å². The van der Waals surface area contributed by atoms with Crippen LogP contribution in [0.2, 0.25) is 0 Å². The van der Waals surface area contributed by atoms with Crippen molar-refractivity contribution in [3.63, 3.8) is 0 Å². The first-order chi connectivity index (χ1) is 9.72.